The molecule has 1 unspecified atom stereocenters. The lowest BCUT2D eigenvalue weighted by Gasteiger charge is -2.43. The lowest BCUT2D eigenvalue weighted by atomic mass is 9.77. The van der Waals surface area contributed by atoms with Crippen LogP contribution in [0.25, 0.3) is 0 Å². The van der Waals surface area contributed by atoms with Gasteiger partial charge in [0.15, 0.2) is 16.4 Å². The summed E-state index contributed by atoms with van der Waals surface area (Å²) in [5.41, 5.74) is 7.58. The van der Waals surface area contributed by atoms with E-state index in [0.717, 1.165) is 24.0 Å². The second-order valence-electron chi connectivity index (χ2n) is 8.71. The van der Waals surface area contributed by atoms with Crippen molar-refractivity contribution in [2.75, 3.05) is 17.7 Å². The third-order valence-electron chi connectivity index (χ3n) is 6.23. The monoisotopic (exact) mass is 467 g/mol. The third kappa shape index (κ3) is 4.04. The number of ether oxygens (including phenoxy) is 1. The summed E-state index contributed by atoms with van der Waals surface area (Å²) in [5.74, 6) is 2.07. The van der Waals surface area contributed by atoms with E-state index < -0.39 is 26.0 Å². The number of nitrogens with two attached hydrogens (primary N) is 1. The van der Waals surface area contributed by atoms with Gasteiger partial charge in [-0.2, -0.15) is 0 Å². The van der Waals surface area contributed by atoms with E-state index in [4.69, 9.17) is 21.9 Å². The standard InChI is InChI=1S/C23H25N5O4S/c1-4-10-32-19-13-25-18(12-26-19)20(29)27-16-8-7-15-6-5-9-23(17(15)11-16)14-33(30,31)22(2,3)21(24)28-23/h1,7-8,11-13H,5-6,9-10,14H2,2-3H3,(H2,24,28)(H,27,29). The number of amides is 1. The van der Waals surface area contributed by atoms with E-state index in [0.29, 0.717) is 12.1 Å². The minimum absolute atomic E-state index is 0.0526. The molecule has 33 heavy (non-hydrogen) atoms. The third-order valence-corrected chi connectivity index (χ3v) is 8.85. The van der Waals surface area contributed by atoms with Crippen LogP contribution in [-0.4, -0.2) is 47.2 Å². The summed E-state index contributed by atoms with van der Waals surface area (Å²) in [5, 5.41) is 2.80. The maximum absolute atomic E-state index is 13.1. The first-order valence-corrected chi connectivity index (χ1v) is 12.1. The minimum Gasteiger partial charge on any atom is -0.463 e. The molecule has 0 fully saturated rings. The van der Waals surface area contributed by atoms with Gasteiger partial charge in [0.05, 0.1) is 18.1 Å². The van der Waals surface area contributed by atoms with Crippen molar-refractivity contribution in [2.24, 2.45) is 10.7 Å². The molecule has 1 aliphatic carbocycles. The van der Waals surface area contributed by atoms with E-state index in [1.54, 1.807) is 26.0 Å². The van der Waals surface area contributed by atoms with Crippen molar-refractivity contribution < 1.29 is 17.9 Å². The van der Waals surface area contributed by atoms with Gasteiger partial charge in [-0.25, -0.2) is 18.4 Å². The van der Waals surface area contributed by atoms with Crippen LogP contribution in [-0.2, 0) is 21.8 Å². The van der Waals surface area contributed by atoms with Crippen LogP contribution in [0.3, 0.4) is 0 Å². The molecule has 4 rings (SSSR count). The minimum atomic E-state index is -3.54. The van der Waals surface area contributed by atoms with Crippen molar-refractivity contribution >= 4 is 27.3 Å². The molecule has 1 aromatic carbocycles. The predicted octanol–water partition coefficient (Wildman–Crippen LogP) is 1.84. The predicted molar refractivity (Wildman–Crippen MR) is 125 cm³/mol. The van der Waals surface area contributed by atoms with Gasteiger partial charge in [0.25, 0.3) is 5.91 Å². The zero-order chi connectivity index (χ0) is 23.9. The fourth-order valence-electron chi connectivity index (χ4n) is 4.15. The van der Waals surface area contributed by atoms with E-state index in [2.05, 4.69) is 21.2 Å². The Morgan fingerprint density at radius 1 is 1.30 bits per heavy atom. The number of aliphatic imine (C=N–C) groups is 1. The van der Waals surface area contributed by atoms with Crippen molar-refractivity contribution in [3.63, 3.8) is 0 Å². The first-order chi connectivity index (χ1) is 15.6. The number of amidine groups is 1. The first kappa shape index (κ1) is 22.7. The Balaban J connectivity index is 1.64. The number of hydrogen-bond acceptors (Lipinski definition) is 8. The number of benzene rings is 1. The Bertz CT molecular complexity index is 1280. The molecular formula is C23H25N5O4S. The van der Waals surface area contributed by atoms with Crippen molar-refractivity contribution in [3.8, 4) is 18.2 Å². The molecule has 2 heterocycles. The SMILES string of the molecule is C#CCOc1cnc(C(=O)Nc2ccc3c(c2)C2(CCC3)CS(=O)(=O)C(C)(C)C(N)=N2)cn1. The molecule has 3 N–H and O–H groups in total. The number of carbonyl (C=O) groups excluding carboxylic acids is 1. The van der Waals surface area contributed by atoms with Crippen LogP contribution in [0, 0.1) is 12.3 Å². The van der Waals surface area contributed by atoms with Gasteiger partial charge in [0.1, 0.15) is 21.8 Å². The number of nitrogens with one attached hydrogen (secondary N) is 1. The molecule has 1 amide bonds. The molecule has 0 saturated carbocycles. The Labute approximate surface area is 192 Å². The Morgan fingerprint density at radius 2 is 2.09 bits per heavy atom. The van der Waals surface area contributed by atoms with Gasteiger partial charge in [-0.05, 0) is 56.4 Å². The van der Waals surface area contributed by atoms with Crippen molar-refractivity contribution in [2.45, 2.75) is 43.4 Å². The second kappa shape index (κ2) is 8.15. The van der Waals surface area contributed by atoms with Gasteiger partial charge in [-0.15, -0.1) is 6.42 Å². The van der Waals surface area contributed by atoms with E-state index >= 15 is 0 Å². The van der Waals surface area contributed by atoms with Gasteiger partial charge < -0.3 is 15.8 Å². The molecule has 0 radical (unpaired) electrons. The molecule has 2 aliphatic rings. The number of carbonyl (C=O) groups is 1. The Morgan fingerprint density at radius 3 is 2.76 bits per heavy atom. The molecule has 1 aliphatic heterocycles. The highest BCUT2D eigenvalue weighted by Gasteiger charge is 2.51. The Kier molecular flexibility index (Phi) is 5.62. The lowest BCUT2D eigenvalue weighted by molar-refractivity contribution is 0.102. The van der Waals surface area contributed by atoms with Crippen molar-refractivity contribution in [1.29, 1.82) is 0 Å². The zero-order valence-electron chi connectivity index (χ0n) is 18.5. The summed E-state index contributed by atoms with van der Waals surface area (Å²) in [6, 6.07) is 5.46. The fourth-order valence-corrected chi connectivity index (χ4v) is 5.87. The van der Waals surface area contributed by atoms with Crippen LogP contribution in [0.15, 0.2) is 35.6 Å². The van der Waals surface area contributed by atoms with Crippen LogP contribution in [0.2, 0.25) is 0 Å². The number of fused-ring (bicyclic) bond motifs is 2. The lowest BCUT2D eigenvalue weighted by Crippen LogP contribution is -2.56. The fraction of sp³-hybridized carbons (Fsp3) is 0.391. The molecule has 1 spiro atoms. The maximum Gasteiger partial charge on any atom is 0.275 e. The van der Waals surface area contributed by atoms with Gasteiger partial charge >= 0.3 is 0 Å². The zero-order valence-corrected chi connectivity index (χ0v) is 19.3. The van der Waals surface area contributed by atoms with Gasteiger partial charge in [0, 0.05) is 5.69 Å². The van der Waals surface area contributed by atoms with E-state index in [1.807, 2.05) is 6.07 Å². The van der Waals surface area contributed by atoms with Crippen molar-refractivity contribution in [3.05, 3.63) is 47.4 Å². The average Bonchev–Trinajstić information content (AvgIpc) is 2.77. The highest BCUT2D eigenvalue weighted by atomic mass is 32.2. The number of terminal acetylenes is 1. The molecule has 172 valence electrons. The second-order valence-corrected chi connectivity index (χ2v) is 11.2. The van der Waals surface area contributed by atoms with Crippen LogP contribution < -0.4 is 15.8 Å². The van der Waals surface area contributed by atoms with Crippen LogP contribution in [0.5, 0.6) is 5.88 Å². The summed E-state index contributed by atoms with van der Waals surface area (Å²) in [7, 11) is -3.54. The van der Waals surface area contributed by atoms with Gasteiger partial charge in [0.2, 0.25) is 5.88 Å². The van der Waals surface area contributed by atoms with E-state index in [-0.39, 0.29) is 29.8 Å². The highest BCUT2D eigenvalue weighted by molar-refractivity contribution is 7.93. The number of sulfone groups is 1. The van der Waals surface area contributed by atoms with E-state index in [9.17, 15) is 13.2 Å². The van der Waals surface area contributed by atoms with E-state index in [1.165, 1.54) is 12.4 Å². The van der Waals surface area contributed by atoms with Gasteiger partial charge in [-0.1, -0.05) is 12.0 Å². The average molecular weight is 468 g/mol. The number of nitrogens with zero attached hydrogens (tertiary/aromatic N) is 3. The number of aryl methyl sites for hydroxylation is 1. The topological polar surface area (TPSA) is 137 Å². The molecule has 1 aromatic heterocycles. The summed E-state index contributed by atoms with van der Waals surface area (Å²) >= 11 is 0. The molecule has 0 saturated heterocycles. The molecular weight excluding hydrogens is 442 g/mol. The van der Waals surface area contributed by atoms with Crippen LogP contribution in [0.1, 0.15) is 48.3 Å². The Hall–Kier alpha value is -3.45. The molecule has 10 heteroatoms. The molecule has 1 atom stereocenters. The molecule has 2 aromatic rings. The quantitative estimate of drug-likeness (QED) is 0.655. The number of rotatable bonds is 4. The highest BCUT2D eigenvalue weighted by Crippen LogP contribution is 2.45. The maximum atomic E-state index is 13.1. The largest absolute Gasteiger partial charge is 0.463 e. The molecule has 9 nitrogen and oxygen atoms in total. The summed E-state index contributed by atoms with van der Waals surface area (Å²) in [6.07, 6.45) is 9.92. The van der Waals surface area contributed by atoms with Gasteiger partial charge in [-0.3, -0.25) is 9.79 Å². The molecule has 0 bridgehead atoms. The number of aromatic nitrogens is 2. The summed E-state index contributed by atoms with van der Waals surface area (Å²) in [4.78, 5) is 25.5. The normalized spacial score (nSPS) is 22.5. The first-order valence-electron chi connectivity index (χ1n) is 10.5. The van der Waals surface area contributed by atoms with Crippen LogP contribution in [0.4, 0.5) is 5.69 Å². The smallest absolute Gasteiger partial charge is 0.275 e. The van der Waals surface area contributed by atoms with Crippen LogP contribution >= 0.6 is 0 Å². The number of anilines is 1. The summed E-state index contributed by atoms with van der Waals surface area (Å²) < 4.78 is 30.1. The number of hydrogen-bond donors (Lipinski definition) is 2. The van der Waals surface area contributed by atoms with Crippen molar-refractivity contribution in [1.82, 2.24) is 9.97 Å². The summed E-state index contributed by atoms with van der Waals surface area (Å²) in [6.45, 7) is 3.22.